The molecule has 0 saturated carbocycles. The van der Waals surface area contributed by atoms with Gasteiger partial charge in [0.2, 0.25) is 0 Å². The molecule has 1 aromatic rings. The lowest BCUT2D eigenvalue weighted by Crippen LogP contribution is -2.12. The van der Waals surface area contributed by atoms with Crippen molar-refractivity contribution in [2.75, 3.05) is 7.11 Å². The molecule has 92 valence electrons. The minimum Gasteiger partial charge on any atom is -0.481 e. The number of hydrogen-bond donors (Lipinski definition) is 1. The van der Waals surface area contributed by atoms with E-state index in [1.54, 1.807) is 24.3 Å². The molecule has 1 atom stereocenters. The molecule has 0 spiro atoms. The fourth-order valence-corrected chi connectivity index (χ4v) is 1.76. The van der Waals surface area contributed by atoms with Crippen LogP contribution in [-0.2, 0) is 14.3 Å². The van der Waals surface area contributed by atoms with E-state index in [-0.39, 0.29) is 12.8 Å². The zero-order valence-electron chi connectivity index (χ0n) is 9.35. The van der Waals surface area contributed by atoms with Crippen molar-refractivity contribution in [1.82, 2.24) is 0 Å². The minimum atomic E-state index is -0.959. The Morgan fingerprint density at radius 1 is 1.41 bits per heavy atom. The normalized spacial score (nSPS) is 11.9. The summed E-state index contributed by atoms with van der Waals surface area (Å²) in [5, 5.41) is 9.33. The lowest BCUT2D eigenvalue weighted by atomic mass is 9.92. The molecule has 5 heteroatoms. The van der Waals surface area contributed by atoms with Crippen molar-refractivity contribution >= 4 is 23.5 Å². The molecule has 1 N–H and O–H groups in total. The summed E-state index contributed by atoms with van der Waals surface area (Å²) in [5.41, 5.74) is 0.727. The first kappa shape index (κ1) is 13.5. The molecule has 4 nitrogen and oxygen atoms in total. The van der Waals surface area contributed by atoms with Gasteiger partial charge < -0.3 is 9.84 Å². The molecule has 0 fully saturated rings. The van der Waals surface area contributed by atoms with Gasteiger partial charge in [-0.15, -0.1) is 0 Å². The van der Waals surface area contributed by atoms with E-state index in [2.05, 4.69) is 4.74 Å². The number of hydrogen-bond acceptors (Lipinski definition) is 3. The molecule has 0 unspecified atom stereocenters. The largest absolute Gasteiger partial charge is 0.481 e. The topological polar surface area (TPSA) is 63.6 Å². The summed E-state index contributed by atoms with van der Waals surface area (Å²) in [6.45, 7) is 0. The first-order chi connectivity index (χ1) is 8.02. The number of benzene rings is 1. The van der Waals surface area contributed by atoms with E-state index in [0.29, 0.717) is 5.02 Å². The summed E-state index contributed by atoms with van der Waals surface area (Å²) in [7, 11) is 1.28. The first-order valence-electron chi connectivity index (χ1n) is 5.07. The van der Waals surface area contributed by atoms with Gasteiger partial charge in [-0.2, -0.15) is 0 Å². The molecule has 0 aliphatic rings. The maximum Gasteiger partial charge on any atom is 0.306 e. The summed E-state index contributed by atoms with van der Waals surface area (Å²) in [5.74, 6) is -1.81. The van der Waals surface area contributed by atoms with Crippen LogP contribution in [0.2, 0.25) is 5.02 Å². The SMILES string of the molecule is COC(=O)C[C@H](CC(=O)O)c1cccc(Cl)c1. The fraction of sp³-hybridized carbons (Fsp3) is 0.333. The molecule has 0 bridgehead atoms. The van der Waals surface area contributed by atoms with Gasteiger partial charge in [-0.25, -0.2) is 0 Å². The smallest absolute Gasteiger partial charge is 0.306 e. The number of aliphatic carboxylic acids is 1. The molecule has 0 saturated heterocycles. The Morgan fingerprint density at radius 3 is 2.65 bits per heavy atom. The van der Waals surface area contributed by atoms with Gasteiger partial charge in [-0.05, 0) is 17.7 Å². The number of carbonyl (C=O) groups is 2. The molecule has 0 heterocycles. The molecular weight excluding hydrogens is 244 g/mol. The van der Waals surface area contributed by atoms with Crippen molar-refractivity contribution < 1.29 is 19.4 Å². The van der Waals surface area contributed by atoms with Crippen LogP contribution in [0.4, 0.5) is 0 Å². The average molecular weight is 257 g/mol. The van der Waals surface area contributed by atoms with Crippen molar-refractivity contribution in [1.29, 1.82) is 0 Å². The molecule has 0 aliphatic carbocycles. The quantitative estimate of drug-likeness (QED) is 0.822. The lowest BCUT2D eigenvalue weighted by Gasteiger charge is -2.14. The van der Waals surface area contributed by atoms with Crippen LogP contribution in [0.15, 0.2) is 24.3 Å². The molecule has 1 aromatic carbocycles. The highest BCUT2D eigenvalue weighted by atomic mass is 35.5. The Labute approximate surface area is 104 Å². The highest BCUT2D eigenvalue weighted by Gasteiger charge is 2.19. The zero-order chi connectivity index (χ0) is 12.8. The van der Waals surface area contributed by atoms with Crippen molar-refractivity contribution in [3.8, 4) is 0 Å². The van der Waals surface area contributed by atoms with E-state index in [0.717, 1.165) is 5.56 Å². The molecule has 0 radical (unpaired) electrons. The Bertz CT molecular complexity index is 417. The van der Waals surface area contributed by atoms with Crippen LogP contribution in [0, 0.1) is 0 Å². The maximum absolute atomic E-state index is 11.2. The van der Waals surface area contributed by atoms with Gasteiger partial charge in [-0.3, -0.25) is 9.59 Å². The summed E-state index contributed by atoms with van der Waals surface area (Å²) in [4.78, 5) is 22.0. The van der Waals surface area contributed by atoms with E-state index in [4.69, 9.17) is 16.7 Å². The number of rotatable bonds is 5. The van der Waals surface area contributed by atoms with Crippen molar-refractivity contribution in [2.45, 2.75) is 18.8 Å². The lowest BCUT2D eigenvalue weighted by molar-refractivity contribution is -0.141. The van der Waals surface area contributed by atoms with Gasteiger partial charge >= 0.3 is 11.9 Å². The molecular formula is C12H13ClO4. The number of ether oxygens (including phenoxy) is 1. The van der Waals surface area contributed by atoms with Gasteiger partial charge in [0.1, 0.15) is 0 Å². The summed E-state index contributed by atoms with van der Waals surface area (Å²) >= 11 is 5.83. The predicted molar refractivity (Wildman–Crippen MR) is 63.1 cm³/mol. The number of halogens is 1. The third-order valence-corrected chi connectivity index (χ3v) is 2.62. The average Bonchev–Trinajstić information content (AvgIpc) is 2.27. The Morgan fingerprint density at radius 2 is 2.12 bits per heavy atom. The van der Waals surface area contributed by atoms with Crippen LogP contribution in [0.3, 0.4) is 0 Å². The predicted octanol–water partition coefficient (Wildman–Crippen LogP) is 2.46. The first-order valence-corrected chi connectivity index (χ1v) is 5.44. The minimum absolute atomic E-state index is 0.0309. The van der Waals surface area contributed by atoms with Crippen LogP contribution in [0.25, 0.3) is 0 Å². The Kier molecular flexibility index (Phi) is 4.97. The monoisotopic (exact) mass is 256 g/mol. The zero-order valence-corrected chi connectivity index (χ0v) is 10.1. The van der Waals surface area contributed by atoms with Crippen LogP contribution in [0.1, 0.15) is 24.3 Å². The number of carbonyl (C=O) groups excluding carboxylic acids is 1. The van der Waals surface area contributed by atoms with Crippen LogP contribution < -0.4 is 0 Å². The third-order valence-electron chi connectivity index (χ3n) is 2.38. The molecule has 0 aliphatic heterocycles. The van der Waals surface area contributed by atoms with Crippen LogP contribution >= 0.6 is 11.6 Å². The second-order valence-corrected chi connectivity index (χ2v) is 4.07. The highest BCUT2D eigenvalue weighted by Crippen LogP contribution is 2.26. The second kappa shape index (κ2) is 6.25. The van der Waals surface area contributed by atoms with Gasteiger partial charge in [-0.1, -0.05) is 23.7 Å². The van der Waals surface area contributed by atoms with Crippen molar-refractivity contribution in [3.63, 3.8) is 0 Å². The Balaban J connectivity index is 2.89. The van der Waals surface area contributed by atoms with E-state index < -0.39 is 17.9 Å². The number of methoxy groups -OCH3 is 1. The standard InChI is InChI=1S/C12H13ClO4/c1-17-12(16)7-9(6-11(14)15)8-3-2-4-10(13)5-8/h2-5,9H,6-7H2,1H3,(H,14,15)/t9-/m0/s1. The van der Waals surface area contributed by atoms with Crippen LogP contribution in [-0.4, -0.2) is 24.2 Å². The fourth-order valence-electron chi connectivity index (χ4n) is 1.56. The van der Waals surface area contributed by atoms with E-state index in [1.807, 2.05) is 0 Å². The molecule has 17 heavy (non-hydrogen) atoms. The summed E-state index contributed by atoms with van der Waals surface area (Å²) in [6.07, 6.45) is -0.0986. The van der Waals surface area contributed by atoms with Crippen molar-refractivity contribution in [3.05, 3.63) is 34.9 Å². The van der Waals surface area contributed by atoms with Gasteiger partial charge in [0.05, 0.1) is 20.0 Å². The summed E-state index contributed by atoms with van der Waals surface area (Å²) in [6, 6.07) is 6.84. The molecule has 0 aromatic heterocycles. The van der Waals surface area contributed by atoms with E-state index in [1.165, 1.54) is 7.11 Å². The van der Waals surface area contributed by atoms with Crippen LogP contribution in [0.5, 0.6) is 0 Å². The number of carboxylic acids is 1. The van der Waals surface area contributed by atoms with Gasteiger partial charge in [0, 0.05) is 10.9 Å². The molecule has 0 amide bonds. The van der Waals surface area contributed by atoms with E-state index >= 15 is 0 Å². The van der Waals surface area contributed by atoms with Crippen molar-refractivity contribution in [2.24, 2.45) is 0 Å². The maximum atomic E-state index is 11.2. The number of esters is 1. The molecule has 1 rings (SSSR count). The third kappa shape index (κ3) is 4.44. The number of carboxylic acid groups (broad SMARTS) is 1. The van der Waals surface area contributed by atoms with Gasteiger partial charge in [0.15, 0.2) is 0 Å². The van der Waals surface area contributed by atoms with E-state index in [9.17, 15) is 9.59 Å². The second-order valence-electron chi connectivity index (χ2n) is 3.63. The Hall–Kier alpha value is -1.55. The van der Waals surface area contributed by atoms with Gasteiger partial charge in [0.25, 0.3) is 0 Å². The highest BCUT2D eigenvalue weighted by molar-refractivity contribution is 6.30. The summed E-state index contributed by atoms with van der Waals surface area (Å²) < 4.78 is 4.55.